The second kappa shape index (κ2) is 12.9. The Bertz CT molecular complexity index is 948. The Morgan fingerprint density at radius 3 is 2.59 bits per heavy atom. The van der Waals surface area contributed by atoms with Crippen LogP contribution in [0.1, 0.15) is 32.3 Å². The summed E-state index contributed by atoms with van der Waals surface area (Å²) in [5, 5.41) is 3.55. The van der Waals surface area contributed by atoms with E-state index in [9.17, 15) is 14.4 Å². The zero-order chi connectivity index (χ0) is 24.5. The van der Waals surface area contributed by atoms with Crippen molar-refractivity contribution in [3.63, 3.8) is 0 Å². The molecule has 3 rings (SSSR count). The molecule has 1 aliphatic heterocycles. The van der Waals surface area contributed by atoms with Crippen molar-refractivity contribution in [1.29, 1.82) is 0 Å². The molecule has 2 atom stereocenters. The SMILES string of the molecule is CCN(CC)C(=O)C1CCCN(C(=O)C(Cc2ccoc2)NC(=O)CSc2ccc(Cl)cc2)C1. The molecule has 9 heteroatoms. The van der Waals surface area contributed by atoms with Gasteiger partial charge in [-0.15, -0.1) is 11.8 Å². The number of hydrogen-bond acceptors (Lipinski definition) is 5. The van der Waals surface area contributed by atoms with Gasteiger partial charge in [-0.05, 0) is 62.6 Å². The van der Waals surface area contributed by atoms with E-state index in [-0.39, 0.29) is 29.4 Å². The molecule has 0 aliphatic carbocycles. The van der Waals surface area contributed by atoms with Crippen LogP contribution in [0, 0.1) is 5.92 Å². The highest BCUT2D eigenvalue weighted by molar-refractivity contribution is 8.00. The number of halogens is 1. The van der Waals surface area contributed by atoms with Crippen molar-refractivity contribution in [2.24, 2.45) is 5.92 Å². The predicted molar refractivity (Wildman–Crippen MR) is 134 cm³/mol. The van der Waals surface area contributed by atoms with E-state index in [4.69, 9.17) is 16.0 Å². The second-order valence-electron chi connectivity index (χ2n) is 8.33. The molecule has 1 N–H and O–H groups in total. The molecule has 184 valence electrons. The van der Waals surface area contributed by atoms with Gasteiger partial charge in [0, 0.05) is 42.5 Å². The number of benzene rings is 1. The Morgan fingerprint density at radius 2 is 1.94 bits per heavy atom. The highest BCUT2D eigenvalue weighted by atomic mass is 35.5. The van der Waals surface area contributed by atoms with Crippen molar-refractivity contribution in [3.05, 3.63) is 53.4 Å². The zero-order valence-electron chi connectivity index (χ0n) is 19.7. The van der Waals surface area contributed by atoms with Crippen molar-refractivity contribution in [1.82, 2.24) is 15.1 Å². The lowest BCUT2D eigenvalue weighted by molar-refractivity contribution is -0.142. The van der Waals surface area contributed by atoms with Crippen molar-refractivity contribution >= 4 is 41.1 Å². The number of carbonyl (C=O) groups is 3. The Labute approximate surface area is 210 Å². The van der Waals surface area contributed by atoms with Crippen LogP contribution in [0.5, 0.6) is 0 Å². The van der Waals surface area contributed by atoms with Crippen molar-refractivity contribution in [2.75, 3.05) is 31.9 Å². The number of amides is 3. The molecule has 0 radical (unpaired) electrons. The fraction of sp³-hybridized carbons (Fsp3) is 0.480. The average Bonchev–Trinajstić information content (AvgIpc) is 3.37. The highest BCUT2D eigenvalue weighted by Crippen LogP contribution is 2.22. The van der Waals surface area contributed by atoms with Crippen LogP contribution < -0.4 is 5.32 Å². The van der Waals surface area contributed by atoms with E-state index in [2.05, 4.69) is 5.32 Å². The molecule has 0 spiro atoms. The largest absolute Gasteiger partial charge is 0.472 e. The van der Waals surface area contributed by atoms with Gasteiger partial charge in [0.25, 0.3) is 0 Å². The second-order valence-corrected chi connectivity index (χ2v) is 9.82. The van der Waals surface area contributed by atoms with Gasteiger partial charge in [-0.2, -0.15) is 0 Å². The predicted octanol–water partition coefficient (Wildman–Crippen LogP) is 3.86. The first kappa shape index (κ1) is 26.2. The Balaban J connectivity index is 1.65. The molecule has 7 nitrogen and oxygen atoms in total. The fourth-order valence-electron chi connectivity index (χ4n) is 4.15. The van der Waals surface area contributed by atoms with Gasteiger partial charge < -0.3 is 19.5 Å². The molecule has 1 aliphatic rings. The lowest BCUT2D eigenvalue weighted by Crippen LogP contribution is -2.54. The van der Waals surface area contributed by atoms with Crippen molar-refractivity contribution < 1.29 is 18.8 Å². The minimum Gasteiger partial charge on any atom is -0.472 e. The van der Waals surface area contributed by atoms with Gasteiger partial charge in [0.2, 0.25) is 17.7 Å². The molecule has 1 aromatic heterocycles. The first-order valence-corrected chi connectivity index (χ1v) is 13.0. The van der Waals surface area contributed by atoms with E-state index >= 15 is 0 Å². The number of nitrogens with one attached hydrogen (secondary N) is 1. The van der Waals surface area contributed by atoms with E-state index in [1.54, 1.807) is 35.6 Å². The Kier molecular flexibility index (Phi) is 9.89. The van der Waals surface area contributed by atoms with Gasteiger partial charge in [-0.1, -0.05) is 11.6 Å². The van der Waals surface area contributed by atoms with Crippen LogP contribution in [0.25, 0.3) is 0 Å². The van der Waals surface area contributed by atoms with Crippen LogP contribution in [-0.4, -0.2) is 65.5 Å². The normalized spacial score (nSPS) is 16.7. The van der Waals surface area contributed by atoms with E-state index in [0.717, 1.165) is 23.3 Å². The maximum atomic E-state index is 13.5. The van der Waals surface area contributed by atoms with Crippen LogP contribution in [0.2, 0.25) is 5.02 Å². The fourth-order valence-corrected chi connectivity index (χ4v) is 4.99. The molecular formula is C25H32ClN3O4S. The van der Waals surface area contributed by atoms with E-state index in [0.29, 0.717) is 37.6 Å². The van der Waals surface area contributed by atoms with Gasteiger partial charge in [0.1, 0.15) is 6.04 Å². The summed E-state index contributed by atoms with van der Waals surface area (Å²) in [5.41, 5.74) is 0.830. The monoisotopic (exact) mass is 505 g/mol. The number of piperidine rings is 1. The van der Waals surface area contributed by atoms with Crippen molar-refractivity contribution in [2.45, 2.75) is 44.0 Å². The van der Waals surface area contributed by atoms with Gasteiger partial charge in [-0.3, -0.25) is 14.4 Å². The smallest absolute Gasteiger partial charge is 0.245 e. The molecule has 1 aromatic carbocycles. The summed E-state index contributed by atoms with van der Waals surface area (Å²) in [6, 6.07) is 8.33. The third-order valence-corrected chi connectivity index (χ3v) is 7.26. The summed E-state index contributed by atoms with van der Waals surface area (Å²) < 4.78 is 5.16. The minimum atomic E-state index is -0.724. The molecule has 3 amide bonds. The molecule has 0 bridgehead atoms. The van der Waals surface area contributed by atoms with Gasteiger partial charge in [0.05, 0.1) is 24.2 Å². The zero-order valence-corrected chi connectivity index (χ0v) is 21.2. The van der Waals surface area contributed by atoms with Crippen LogP contribution in [0.3, 0.4) is 0 Å². The molecular weight excluding hydrogens is 474 g/mol. The summed E-state index contributed by atoms with van der Waals surface area (Å²) in [4.78, 5) is 43.6. The van der Waals surface area contributed by atoms with E-state index in [1.165, 1.54) is 11.8 Å². The quantitative estimate of drug-likeness (QED) is 0.496. The van der Waals surface area contributed by atoms with E-state index in [1.807, 2.05) is 30.9 Å². The first-order valence-electron chi connectivity index (χ1n) is 11.7. The Hall–Kier alpha value is -2.45. The minimum absolute atomic E-state index is 0.0947. The number of nitrogens with zero attached hydrogens (tertiary/aromatic N) is 2. The maximum absolute atomic E-state index is 13.5. The van der Waals surface area contributed by atoms with Crippen LogP contribution in [-0.2, 0) is 20.8 Å². The summed E-state index contributed by atoms with van der Waals surface area (Å²) in [6.45, 7) is 6.20. The molecule has 2 unspecified atom stereocenters. The topological polar surface area (TPSA) is 82.9 Å². The molecule has 1 saturated heterocycles. The van der Waals surface area contributed by atoms with Gasteiger partial charge in [-0.25, -0.2) is 0 Å². The Morgan fingerprint density at radius 1 is 1.21 bits per heavy atom. The third-order valence-electron chi connectivity index (χ3n) is 5.99. The molecule has 2 aromatic rings. The van der Waals surface area contributed by atoms with Gasteiger partial charge in [0.15, 0.2) is 0 Å². The standard InChI is InChI=1S/C25H32ClN3O4S/c1-3-28(4-2)24(31)19-6-5-12-29(15-19)25(32)22(14-18-11-13-33-16-18)27-23(30)17-34-21-9-7-20(26)8-10-21/h7-11,13,16,19,22H,3-6,12,14-15,17H2,1-2H3,(H,27,30). The molecule has 2 heterocycles. The lowest BCUT2D eigenvalue weighted by Gasteiger charge is -2.36. The van der Waals surface area contributed by atoms with Crippen LogP contribution in [0.15, 0.2) is 52.2 Å². The molecule has 34 heavy (non-hydrogen) atoms. The highest BCUT2D eigenvalue weighted by Gasteiger charge is 2.34. The number of thioether (sulfide) groups is 1. The van der Waals surface area contributed by atoms with Crippen LogP contribution >= 0.6 is 23.4 Å². The lowest BCUT2D eigenvalue weighted by atomic mass is 9.95. The number of furan rings is 1. The first-order chi connectivity index (χ1) is 16.4. The summed E-state index contributed by atoms with van der Waals surface area (Å²) in [5.74, 6) is -0.321. The third kappa shape index (κ3) is 7.27. The van der Waals surface area contributed by atoms with Crippen molar-refractivity contribution in [3.8, 4) is 0 Å². The molecule has 0 saturated carbocycles. The number of carbonyl (C=O) groups excluding carboxylic acids is 3. The number of likely N-dealkylation sites (tertiary alicyclic amines) is 1. The summed E-state index contributed by atoms with van der Waals surface area (Å²) in [7, 11) is 0. The number of hydrogen-bond donors (Lipinski definition) is 1. The average molecular weight is 506 g/mol. The summed E-state index contributed by atoms with van der Waals surface area (Å²) >= 11 is 7.30. The van der Waals surface area contributed by atoms with Gasteiger partial charge >= 0.3 is 0 Å². The number of rotatable bonds is 10. The van der Waals surface area contributed by atoms with Crippen LogP contribution in [0.4, 0.5) is 0 Å². The van der Waals surface area contributed by atoms with E-state index < -0.39 is 6.04 Å². The molecule has 1 fully saturated rings. The maximum Gasteiger partial charge on any atom is 0.245 e. The summed E-state index contributed by atoms with van der Waals surface area (Å²) in [6.07, 6.45) is 5.00.